The largest absolute Gasteiger partial charge is 0.205 e. The van der Waals surface area contributed by atoms with Crippen LogP contribution in [-0.2, 0) is 19.4 Å². The number of rotatable bonds is 11. The van der Waals surface area contributed by atoms with Crippen LogP contribution in [0.4, 0.5) is 0 Å². The Labute approximate surface area is 126 Å². The summed E-state index contributed by atoms with van der Waals surface area (Å²) in [6.07, 6.45) is 18.1. The molecule has 0 radical (unpaired) electrons. The van der Waals surface area contributed by atoms with Crippen molar-refractivity contribution in [3.05, 3.63) is 29.6 Å². The lowest BCUT2D eigenvalue weighted by Crippen LogP contribution is -2.32. The van der Waals surface area contributed by atoms with Gasteiger partial charge in [-0.1, -0.05) is 52.4 Å². The van der Waals surface area contributed by atoms with Crippen LogP contribution in [-0.4, -0.2) is 0 Å². The van der Waals surface area contributed by atoms with Crippen molar-refractivity contribution < 1.29 is 4.57 Å². The summed E-state index contributed by atoms with van der Waals surface area (Å²) in [5, 5.41) is 0. The Morgan fingerprint density at radius 3 is 1.90 bits per heavy atom. The fourth-order valence-electron chi connectivity index (χ4n) is 2.77. The van der Waals surface area contributed by atoms with Crippen LogP contribution in [0.1, 0.15) is 83.3 Å². The average Bonchev–Trinajstić information content (AvgIpc) is 2.49. The van der Waals surface area contributed by atoms with E-state index in [1.807, 2.05) is 0 Å². The monoisotopic (exact) mass is 276 g/mol. The van der Waals surface area contributed by atoms with Crippen molar-refractivity contribution in [2.75, 3.05) is 0 Å². The van der Waals surface area contributed by atoms with Gasteiger partial charge in [-0.05, 0) is 38.2 Å². The van der Waals surface area contributed by atoms with E-state index in [0.29, 0.717) is 0 Å². The van der Waals surface area contributed by atoms with Crippen molar-refractivity contribution in [2.24, 2.45) is 0 Å². The van der Waals surface area contributed by atoms with Gasteiger partial charge in [-0.15, -0.1) is 0 Å². The molecule has 0 aliphatic carbocycles. The predicted octanol–water partition coefficient (Wildman–Crippen LogP) is 5.24. The Kier molecular flexibility index (Phi) is 9.36. The van der Waals surface area contributed by atoms with Gasteiger partial charge >= 0.3 is 0 Å². The summed E-state index contributed by atoms with van der Waals surface area (Å²) in [7, 11) is 0. The lowest BCUT2D eigenvalue weighted by molar-refractivity contribution is -0.694. The van der Waals surface area contributed by atoms with Crippen molar-refractivity contribution in [2.45, 2.75) is 91.5 Å². The highest BCUT2D eigenvalue weighted by atomic mass is 14.9. The van der Waals surface area contributed by atoms with E-state index in [2.05, 4.69) is 43.8 Å². The van der Waals surface area contributed by atoms with Crippen LogP contribution >= 0.6 is 0 Å². The summed E-state index contributed by atoms with van der Waals surface area (Å²) < 4.78 is 2.32. The molecule has 0 amide bonds. The van der Waals surface area contributed by atoms with E-state index in [4.69, 9.17) is 0 Å². The van der Waals surface area contributed by atoms with Gasteiger partial charge in [0.15, 0.2) is 12.4 Å². The van der Waals surface area contributed by atoms with Gasteiger partial charge in [0.1, 0.15) is 6.54 Å². The highest BCUT2D eigenvalue weighted by Gasteiger charge is 2.08. The second-order valence-corrected chi connectivity index (χ2v) is 5.95. The van der Waals surface area contributed by atoms with E-state index in [9.17, 15) is 0 Å². The zero-order valence-electron chi connectivity index (χ0n) is 14.0. The zero-order valence-corrected chi connectivity index (χ0v) is 14.0. The first-order valence-electron chi connectivity index (χ1n) is 8.82. The van der Waals surface area contributed by atoms with Crippen molar-refractivity contribution in [3.8, 4) is 0 Å². The lowest BCUT2D eigenvalue weighted by Gasteiger charge is -2.08. The second-order valence-electron chi connectivity index (χ2n) is 5.95. The van der Waals surface area contributed by atoms with E-state index in [1.54, 1.807) is 11.1 Å². The SMILES string of the molecule is CCCCCCc1cc[n+](CC)cc1CCCCCC. The summed E-state index contributed by atoms with van der Waals surface area (Å²) in [6.45, 7) is 7.87. The van der Waals surface area contributed by atoms with Gasteiger partial charge in [-0.2, -0.15) is 0 Å². The molecule has 0 saturated heterocycles. The standard InChI is InChI=1S/C19H34N/c1-4-7-9-11-13-18-15-16-20(6-3)17-19(18)14-12-10-8-5-2/h15-17H,4-14H2,1-3H3/q+1. The molecule has 0 saturated carbocycles. The van der Waals surface area contributed by atoms with Gasteiger partial charge < -0.3 is 0 Å². The van der Waals surface area contributed by atoms with E-state index in [-0.39, 0.29) is 0 Å². The van der Waals surface area contributed by atoms with Gasteiger partial charge in [0.05, 0.1) is 0 Å². The Hall–Kier alpha value is -0.850. The van der Waals surface area contributed by atoms with Crippen LogP contribution in [0.25, 0.3) is 0 Å². The molecule has 0 unspecified atom stereocenters. The molecule has 114 valence electrons. The van der Waals surface area contributed by atoms with Crippen LogP contribution in [0, 0.1) is 0 Å². The van der Waals surface area contributed by atoms with Gasteiger partial charge in [-0.25, -0.2) is 4.57 Å². The van der Waals surface area contributed by atoms with E-state index in [1.165, 1.54) is 64.2 Å². The number of aryl methyl sites for hydroxylation is 3. The average molecular weight is 276 g/mol. The zero-order chi connectivity index (χ0) is 14.6. The van der Waals surface area contributed by atoms with E-state index >= 15 is 0 Å². The minimum absolute atomic E-state index is 1.08. The third-order valence-electron chi connectivity index (χ3n) is 4.17. The van der Waals surface area contributed by atoms with E-state index in [0.717, 1.165) is 6.54 Å². The van der Waals surface area contributed by atoms with Crippen LogP contribution < -0.4 is 4.57 Å². The minimum atomic E-state index is 1.08. The summed E-state index contributed by atoms with van der Waals surface area (Å²) in [6, 6.07) is 2.37. The molecule has 0 N–H and O–H groups in total. The van der Waals surface area contributed by atoms with Gasteiger partial charge in [-0.3, -0.25) is 0 Å². The fourth-order valence-corrected chi connectivity index (χ4v) is 2.77. The van der Waals surface area contributed by atoms with Gasteiger partial charge in [0.2, 0.25) is 0 Å². The molecule has 0 atom stereocenters. The summed E-state index contributed by atoms with van der Waals surface area (Å²) in [5.41, 5.74) is 3.20. The Morgan fingerprint density at radius 2 is 1.35 bits per heavy atom. The molecule has 0 fully saturated rings. The molecule has 0 aromatic carbocycles. The van der Waals surface area contributed by atoms with Crippen LogP contribution in [0.3, 0.4) is 0 Å². The first-order valence-corrected chi connectivity index (χ1v) is 8.82. The maximum atomic E-state index is 2.39. The highest BCUT2D eigenvalue weighted by molar-refractivity contribution is 5.21. The minimum Gasteiger partial charge on any atom is -0.205 e. The Morgan fingerprint density at radius 1 is 0.750 bits per heavy atom. The van der Waals surface area contributed by atoms with Crippen molar-refractivity contribution in [3.63, 3.8) is 0 Å². The molecule has 1 heterocycles. The third-order valence-corrected chi connectivity index (χ3v) is 4.17. The molecule has 1 rings (SSSR count). The lowest BCUT2D eigenvalue weighted by atomic mass is 9.98. The van der Waals surface area contributed by atoms with Crippen LogP contribution in [0.15, 0.2) is 18.5 Å². The number of hydrogen-bond donors (Lipinski definition) is 0. The number of hydrogen-bond acceptors (Lipinski definition) is 0. The molecule has 0 spiro atoms. The Balaban J connectivity index is 2.56. The van der Waals surface area contributed by atoms with Crippen LogP contribution in [0.2, 0.25) is 0 Å². The van der Waals surface area contributed by atoms with Gasteiger partial charge in [0.25, 0.3) is 0 Å². The molecule has 1 aromatic heterocycles. The summed E-state index contributed by atoms with van der Waals surface area (Å²) in [4.78, 5) is 0. The summed E-state index contributed by atoms with van der Waals surface area (Å²) >= 11 is 0. The number of unbranched alkanes of at least 4 members (excludes halogenated alkanes) is 6. The van der Waals surface area contributed by atoms with Gasteiger partial charge in [0, 0.05) is 11.6 Å². The number of aromatic nitrogens is 1. The predicted molar refractivity (Wildman–Crippen MR) is 88.0 cm³/mol. The fraction of sp³-hybridized carbons (Fsp3) is 0.737. The topological polar surface area (TPSA) is 3.88 Å². The first kappa shape index (κ1) is 17.2. The molecular formula is C19H34N+. The molecule has 0 aliphatic rings. The molecule has 1 heteroatoms. The van der Waals surface area contributed by atoms with Crippen molar-refractivity contribution in [1.29, 1.82) is 0 Å². The molecule has 0 aliphatic heterocycles. The number of nitrogens with zero attached hydrogens (tertiary/aromatic N) is 1. The van der Waals surface area contributed by atoms with Crippen molar-refractivity contribution in [1.82, 2.24) is 0 Å². The Bertz CT molecular complexity index is 357. The normalized spacial score (nSPS) is 10.9. The molecule has 1 aromatic rings. The molecule has 0 bridgehead atoms. The molecule has 20 heavy (non-hydrogen) atoms. The number of pyridine rings is 1. The molecular weight excluding hydrogens is 242 g/mol. The second kappa shape index (κ2) is 10.9. The smallest absolute Gasteiger partial charge is 0.172 e. The maximum absolute atomic E-state index is 2.39. The third kappa shape index (κ3) is 6.54. The van der Waals surface area contributed by atoms with Crippen LogP contribution in [0.5, 0.6) is 0 Å². The maximum Gasteiger partial charge on any atom is 0.172 e. The summed E-state index contributed by atoms with van der Waals surface area (Å²) in [5.74, 6) is 0. The quantitative estimate of drug-likeness (QED) is 0.384. The van der Waals surface area contributed by atoms with Crippen molar-refractivity contribution >= 4 is 0 Å². The first-order chi connectivity index (χ1) is 9.81. The highest BCUT2D eigenvalue weighted by Crippen LogP contribution is 2.15. The van der Waals surface area contributed by atoms with E-state index < -0.39 is 0 Å². The molecule has 1 nitrogen and oxygen atoms in total.